The topological polar surface area (TPSA) is 43.8 Å². The molecule has 0 aliphatic carbocycles. The van der Waals surface area contributed by atoms with Crippen LogP contribution >= 0.6 is 0 Å². The lowest BCUT2D eigenvalue weighted by Crippen LogP contribution is -2.72. The first-order valence-electron chi connectivity index (χ1n) is 9.61. The van der Waals surface area contributed by atoms with Crippen molar-refractivity contribution in [1.82, 2.24) is 15.2 Å². The van der Waals surface area contributed by atoms with Crippen molar-refractivity contribution in [2.45, 2.75) is 59.5 Å². The summed E-state index contributed by atoms with van der Waals surface area (Å²) in [5.74, 6) is 2.12. The molecule has 2 aliphatic heterocycles. The number of nitrogens with zero attached hydrogens (tertiary/aromatic N) is 4. The Hall–Kier alpha value is -1.78. The second kappa shape index (κ2) is 6.85. The van der Waals surface area contributed by atoms with Crippen LogP contribution in [0.3, 0.4) is 0 Å². The zero-order valence-electron chi connectivity index (χ0n) is 16.5. The van der Waals surface area contributed by atoms with Crippen LogP contribution in [0.15, 0.2) is 23.3 Å². The largest absolute Gasteiger partial charge is 0.357 e. The molecule has 138 valence electrons. The summed E-state index contributed by atoms with van der Waals surface area (Å²) < 4.78 is 0. The van der Waals surface area contributed by atoms with Crippen molar-refractivity contribution in [1.29, 1.82) is 0 Å². The Morgan fingerprint density at radius 2 is 1.96 bits per heavy atom. The lowest BCUT2D eigenvalue weighted by Gasteiger charge is -2.62. The molecular formula is C20H33N5. The fourth-order valence-corrected chi connectivity index (χ4v) is 3.64. The predicted molar refractivity (Wildman–Crippen MR) is 105 cm³/mol. The van der Waals surface area contributed by atoms with E-state index in [1.165, 1.54) is 18.4 Å². The van der Waals surface area contributed by atoms with Gasteiger partial charge in [-0.3, -0.25) is 0 Å². The normalized spacial score (nSPS) is 22.0. The second-order valence-corrected chi connectivity index (χ2v) is 8.42. The van der Waals surface area contributed by atoms with Gasteiger partial charge in [-0.05, 0) is 51.3 Å². The molecule has 0 spiro atoms. The van der Waals surface area contributed by atoms with E-state index >= 15 is 0 Å². The molecule has 2 saturated heterocycles. The fourth-order valence-electron chi connectivity index (χ4n) is 3.64. The highest BCUT2D eigenvalue weighted by atomic mass is 15.4. The van der Waals surface area contributed by atoms with E-state index < -0.39 is 0 Å². The zero-order valence-corrected chi connectivity index (χ0v) is 16.5. The molecule has 1 N–H and O–H groups in total. The highest BCUT2D eigenvalue weighted by Crippen LogP contribution is 2.46. The molecule has 25 heavy (non-hydrogen) atoms. The lowest BCUT2D eigenvalue weighted by molar-refractivity contribution is -0.0667. The average molecular weight is 344 g/mol. The molecular weight excluding hydrogens is 310 g/mol. The predicted octanol–water partition coefficient (Wildman–Crippen LogP) is 3.27. The molecule has 3 heterocycles. The van der Waals surface area contributed by atoms with Crippen LogP contribution in [-0.2, 0) is 6.54 Å². The van der Waals surface area contributed by atoms with Crippen molar-refractivity contribution in [3.05, 3.63) is 23.9 Å². The van der Waals surface area contributed by atoms with Gasteiger partial charge >= 0.3 is 0 Å². The molecule has 0 unspecified atom stereocenters. The molecule has 0 bridgehead atoms. The zero-order chi connectivity index (χ0) is 18.1. The summed E-state index contributed by atoms with van der Waals surface area (Å²) in [5.41, 5.74) is 1.65. The lowest BCUT2D eigenvalue weighted by atomic mass is 9.65. The average Bonchev–Trinajstić information content (AvgIpc) is 3.12. The van der Waals surface area contributed by atoms with Crippen LogP contribution in [0.5, 0.6) is 0 Å². The Morgan fingerprint density at radius 3 is 2.56 bits per heavy atom. The number of hydrogen-bond donors (Lipinski definition) is 1. The van der Waals surface area contributed by atoms with Gasteiger partial charge in [0.2, 0.25) is 0 Å². The highest BCUT2D eigenvalue weighted by molar-refractivity contribution is 5.82. The molecule has 5 nitrogen and oxygen atoms in total. The van der Waals surface area contributed by atoms with E-state index in [9.17, 15) is 0 Å². The minimum atomic E-state index is 0.118. The van der Waals surface area contributed by atoms with E-state index in [0.29, 0.717) is 12.0 Å². The van der Waals surface area contributed by atoms with Gasteiger partial charge in [0.15, 0.2) is 5.96 Å². The minimum absolute atomic E-state index is 0.118. The fraction of sp³-hybridized carbons (Fsp3) is 0.700. The van der Waals surface area contributed by atoms with Crippen LogP contribution in [0.4, 0.5) is 5.82 Å². The van der Waals surface area contributed by atoms with Crippen molar-refractivity contribution < 1.29 is 0 Å². The number of hydrogen-bond acceptors (Lipinski definition) is 3. The van der Waals surface area contributed by atoms with Gasteiger partial charge in [0.1, 0.15) is 5.82 Å². The number of likely N-dealkylation sites (tertiary alicyclic amines) is 1. The molecule has 2 fully saturated rings. The Balaban J connectivity index is 1.73. The van der Waals surface area contributed by atoms with Crippen molar-refractivity contribution in [2.75, 3.05) is 31.1 Å². The summed E-state index contributed by atoms with van der Waals surface area (Å²) >= 11 is 0. The second-order valence-electron chi connectivity index (χ2n) is 8.42. The third-order valence-electron chi connectivity index (χ3n) is 6.13. The summed E-state index contributed by atoms with van der Waals surface area (Å²) in [5, 5.41) is 3.47. The Kier molecular flexibility index (Phi) is 4.94. The molecule has 0 saturated carbocycles. The third kappa shape index (κ3) is 3.46. The molecule has 2 aliphatic rings. The molecule has 0 atom stereocenters. The summed E-state index contributed by atoms with van der Waals surface area (Å²) in [6.45, 7) is 16.3. The van der Waals surface area contributed by atoms with Crippen LogP contribution in [0, 0.1) is 5.41 Å². The maximum Gasteiger partial charge on any atom is 0.194 e. The molecule has 0 amide bonds. The molecule has 0 aromatic carbocycles. The van der Waals surface area contributed by atoms with Crippen LogP contribution in [0.25, 0.3) is 0 Å². The number of nitrogens with one attached hydrogen (secondary N) is 1. The van der Waals surface area contributed by atoms with E-state index in [1.54, 1.807) is 0 Å². The van der Waals surface area contributed by atoms with Gasteiger partial charge in [0.05, 0.1) is 6.54 Å². The summed E-state index contributed by atoms with van der Waals surface area (Å²) in [6, 6.07) is 4.28. The quantitative estimate of drug-likeness (QED) is 0.673. The van der Waals surface area contributed by atoms with Crippen LogP contribution in [0.2, 0.25) is 0 Å². The summed E-state index contributed by atoms with van der Waals surface area (Å²) in [6.07, 6.45) is 4.46. The standard InChI is InChI=1S/C20H33N5/c1-6-21-18(25-15-19(2,3)20(25,4)5)23-14-16-9-10-22-17(13-16)24-11-7-8-12-24/h9-10,13H,6-8,11-12,14-15H2,1-5H3,(H,21,23). The SMILES string of the molecule is CCNC(=NCc1ccnc(N2CCCC2)c1)N1CC(C)(C)C1(C)C. The van der Waals surface area contributed by atoms with Crippen LogP contribution in [0.1, 0.15) is 53.0 Å². The molecule has 0 radical (unpaired) electrons. The van der Waals surface area contributed by atoms with Gasteiger partial charge in [-0.15, -0.1) is 0 Å². The number of aromatic nitrogens is 1. The van der Waals surface area contributed by atoms with E-state index in [4.69, 9.17) is 4.99 Å². The van der Waals surface area contributed by atoms with E-state index in [2.05, 4.69) is 66.9 Å². The van der Waals surface area contributed by atoms with Crippen LogP contribution in [-0.4, -0.2) is 47.6 Å². The van der Waals surface area contributed by atoms with Crippen LogP contribution < -0.4 is 10.2 Å². The Bertz CT molecular complexity index is 629. The first-order valence-corrected chi connectivity index (χ1v) is 9.61. The number of rotatable bonds is 4. The third-order valence-corrected chi connectivity index (χ3v) is 6.13. The van der Waals surface area contributed by atoms with Gasteiger partial charge in [-0.1, -0.05) is 13.8 Å². The van der Waals surface area contributed by atoms with Gasteiger partial charge < -0.3 is 15.1 Å². The maximum atomic E-state index is 4.92. The maximum absolute atomic E-state index is 4.92. The van der Waals surface area contributed by atoms with Crippen molar-refractivity contribution in [3.8, 4) is 0 Å². The van der Waals surface area contributed by atoms with Gasteiger partial charge in [-0.2, -0.15) is 0 Å². The smallest absolute Gasteiger partial charge is 0.194 e. The first-order chi connectivity index (χ1) is 11.8. The molecule has 5 heteroatoms. The monoisotopic (exact) mass is 343 g/mol. The number of guanidine groups is 1. The first kappa shape index (κ1) is 18.0. The van der Waals surface area contributed by atoms with E-state index in [-0.39, 0.29) is 5.54 Å². The molecule has 1 aromatic heterocycles. The molecule has 3 rings (SSSR count). The number of anilines is 1. The Morgan fingerprint density at radius 1 is 1.24 bits per heavy atom. The highest BCUT2D eigenvalue weighted by Gasteiger charge is 2.53. The Labute approximate surface area is 152 Å². The molecule has 1 aromatic rings. The number of pyridine rings is 1. The summed E-state index contributed by atoms with van der Waals surface area (Å²) in [4.78, 5) is 14.2. The van der Waals surface area contributed by atoms with Gasteiger partial charge in [0.25, 0.3) is 0 Å². The minimum Gasteiger partial charge on any atom is -0.357 e. The van der Waals surface area contributed by atoms with Crippen molar-refractivity contribution in [3.63, 3.8) is 0 Å². The number of aliphatic imine (C=N–C) groups is 1. The van der Waals surface area contributed by atoms with E-state index in [1.807, 2.05) is 6.20 Å². The van der Waals surface area contributed by atoms with E-state index in [0.717, 1.165) is 38.0 Å². The summed E-state index contributed by atoms with van der Waals surface area (Å²) in [7, 11) is 0. The van der Waals surface area contributed by atoms with Crippen molar-refractivity contribution in [2.24, 2.45) is 10.4 Å². The van der Waals surface area contributed by atoms with Crippen molar-refractivity contribution >= 4 is 11.8 Å². The van der Waals surface area contributed by atoms with Gasteiger partial charge in [-0.25, -0.2) is 9.98 Å². The van der Waals surface area contributed by atoms with Gasteiger partial charge in [0, 0.05) is 43.3 Å².